The minimum absolute atomic E-state index is 0.0405. The Balaban J connectivity index is 1.80. The Kier molecular flexibility index (Phi) is 5.52. The number of anilines is 2. The average Bonchev–Trinajstić information content (AvgIpc) is 2.65. The van der Waals surface area contributed by atoms with Crippen LogP contribution in [-0.2, 0) is 6.61 Å². The largest absolute Gasteiger partial charge is 0.392 e. The summed E-state index contributed by atoms with van der Waals surface area (Å²) in [5.41, 5.74) is 4.57. The maximum absolute atomic E-state index is 9.32. The first kappa shape index (κ1) is 17.9. The van der Waals surface area contributed by atoms with E-state index in [1.807, 2.05) is 44.2 Å². The van der Waals surface area contributed by atoms with Crippen molar-refractivity contribution in [3.05, 3.63) is 70.9 Å². The van der Waals surface area contributed by atoms with E-state index in [9.17, 15) is 5.11 Å². The van der Waals surface area contributed by atoms with Crippen molar-refractivity contribution in [3.63, 3.8) is 0 Å². The number of aryl methyl sites for hydroxylation is 2. The molecule has 0 bridgehead atoms. The summed E-state index contributed by atoms with van der Waals surface area (Å²) in [6.45, 7) is 4.11. The third-order valence-corrected chi connectivity index (χ3v) is 5.09. The summed E-state index contributed by atoms with van der Waals surface area (Å²) in [5.74, 6) is 0.502. The van der Waals surface area contributed by atoms with Gasteiger partial charge >= 0.3 is 0 Å². The van der Waals surface area contributed by atoms with Crippen molar-refractivity contribution in [2.75, 3.05) is 5.32 Å². The molecule has 0 amide bonds. The second-order valence-electron chi connectivity index (χ2n) is 5.85. The van der Waals surface area contributed by atoms with Crippen LogP contribution in [-0.4, -0.2) is 15.1 Å². The Hall–Kier alpha value is -2.88. The van der Waals surface area contributed by atoms with Crippen molar-refractivity contribution in [1.82, 2.24) is 9.97 Å². The smallest absolute Gasteiger partial charge is 0.228 e. The van der Waals surface area contributed by atoms with E-state index >= 15 is 0 Å². The van der Waals surface area contributed by atoms with Gasteiger partial charge < -0.3 is 10.4 Å². The number of aliphatic hydroxyl groups excluding tert-OH is 1. The van der Waals surface area contributed by atoms with Crippen molar-refractivity contribution in [1.29, 1.82) is 5.26 Å². The van der Waals surface area contributed by atoms with E-state index in [1.54, 1.807) is 30.1 Å². The fraction of sp³-hybridized carbons (Fsp3) is 0.150. The fourth-order valence-corrected chi connectivity index (χ4v) is 3.52. The van der Waals surface area contributed by atoms with Gasteiger partial charge in [-0.1, -0.05) is 23.9 Å². The molecule has 2 aromatic carbocycles. The fourth-order valence-electron chi connectivity index (χ4n) is 2.61. The number of benzene rings is 2. The summed E-state index contributed by atoms with van der Waals surface area (Å²) < 4.78 is 0. The third kappa shape index (κ3) is 4.20. The highest BCUT2D eigenvalue weighted by Crippen LogP contribution is 2.33. The second-order valence-corrected chi connectivity index (χ2v) is 6.88. The van der Waals surface area contributed by atoms with Gasteiger partial charge in [0.05, 0.1) is 18.2 Å². The molecule has 26 heavy (non-hydrogen) atoms. The number of aromatic nitrogens is 2. The summed E-state index contributed by atoms with van der Waals surface area (Å²) in [6.07, 6.45) is 1.72. The van der Waals surface area contributed by atoms with Gasteiger partial charge in [-0.3, -0.25) is 0 Å². The Morgan fingerprint density at radius 2 is 1.81 bits per heavy atom. The number of aliphatic hydroxyl groups is 1. The Labute approximate surface area is 156 Å². The Morgan fingerprint density at radius 1 is 1.12 bits per heavy atom. The van der Waals surface area contributed by atoms with Crippen molar-refractivity contribution in [2.24, 2.45) is 0 Å². The van der Waals surface area contributed by atoms with Crippen LogP contribution in [0.3, 0.4) is 0 Å². The number of rotatable bonds is 5. The number of hydrogen-bond donors (Lipinski definition) is 2. The number of nitriles is 1. The maximum atomic E-state index is 9.32. The molecule has 0 fully saturated rings. The van der Waals surface area contributed by atoms with E-state index < -0.39 is 0 Å². The van der Waals surface area contributed by atoms with E-state index in [1.165, 1.54) is 0 Å². The molecule has 0 saturated heterocycles. The van der Waals surface area contributed by atoms with Crippen LogP contribution in [0.4, 0.5) is 11.6 Å². The molecule has 0 atom stereocenters. The van der Waals surface area contributed by atoms with E-state index in [4.69, 9.17) is 5.26 Å². The van der Waals surface area contributed by atoms with Gasteiger partial charge in [0, 0.05) is 16.8 Å². The van der Waals surface area contributed by atoms with Gasteiger partial charge in [0.15, 0.2) is 0 Å². The van der Waals surface area contributed by atoms with Crippen molar-refractivity contribution in [3.8, 4) is 6.07 Å². The molecule has 0 spiro atoms. The highest BCUT2D eigenvalue weighted by molar-refractivity contribution is 7.99. The van der Waals surface area contributed by atoms with Gasteiger partial charge in [-0.15, -0.1) is 0 Å². The highest BCUT2D eigenvalue weighted by Gasteiger charge is 2.09. The van der Waals surface area contributed by atoms with E-state index in [0.29, 0.717) is 11.5 Å². The molecule has 3 rings (SSSR count). The first-order valence-corrected chi connectivity index (χ1v) is 8.90. The second kappa shape index (κ2) is 8.00. The topological polar surface area (TPSA) is 81.8 Å². The molecule has 1 aromatic heterocycles. The molecule has 1 heterocycles. The monoisotopic (exact) mass is 362 g/mol. The van der Waals surface area contributed by atoms with Crippen molar-refractivity contribution >= 4 is 23.4 Å². The summed E-state index contributed by atoms with van der Waals surface area (Å²) in [4.78, 5) is 9.94. The first-order valence-electron chi connectivity index (χ1n) is 8.08. The van der Waals surface area contributed by atoms with Crippen LogP contribution in [0.1, 0.15) is 22.3 Å². The Morgan fingerprint density at radius 3 is 2.42 bits per heavy atom. The normalized spacial score (nSPS) is 10.4. The highest BCUT2D eigenvalue weighted by atomic mass is 32.2. The van der Waals surface area contributed by atoms with Gasteiger partial charge in [-0.2, -0.15) is 5.26 Å². The molecule has 0 unspecified atom stereocenters. The predicted molar refractivity (Wildman–Crippen MR) is 102 cm³/mol. The van der Waals surface area contributed by atoms with Crippen LogP contribution in [0, 0.1) is 25.2 Å². The van der Waals surface area contributed by atoms with E-state index in [0.717, 1.165) is 32.3 Å². The Bertz CT molecular complexity index is 941. The average molecular weight is 362 g/mol. The number of hydrogen-bond acceptors (Lipinski definition) is 6. The summed E-state index contributed by atoms with van der Waals surface area (Å²) in [5, 5.41) is 22.2. The lowest BCUT2D eigenvalue weighted by Gasteiger charge is -2.12. The summed E-state index contributed by atoms with van der Waals surface area (Å²) >= 11 is 1.58. The molecular formula is C20H18N4OS. The van der Waals surface area contributed by atoms with Crippen LogP contribution < -0.4 is 5.32 Å². The van der Waals surface area contributed by atoms with E-state index in [-0.39, 0.29) is 6.61 Å². The number of nitrogens with zero attached hydrogens (tertiary/aromatic N) is 3. The zero-order valence-corrected chi connectivity index (χ0v) is 15.3. The van der Waals surface area contributed by atoms with Crippen LogP contribution in [0.2, 0.25) is 0 Å². The summed E-state index contributed by atoms with van der Waals surface area (Å²) in [6, 6.07) is 15.1. The zero-order valence-electron chi connectivity index (χ0n) is 14.5. The molecule has 2 N–H and O–H groups in total. The lowest BCUT2D eigenvalue weighted by molar-refractivity contribution is 0.281. The molecule has 0 radical (unpaired) electrons. The van der Waals surface area contributed by atoms with E-state index in [2.05, 4.69) is 21.4 Å². The van der Waals surface area contributed by atoms with Gasteiger partial charge in [-0.05, 0) is 60.9 Å². The quantitative estimate of drug-likeness (QED) is 0.657. The van der Waals surface area contributed by atoms with Crippen molar-refractivity contribution in [2.45, 2.75) is 30.4 Å². The molecule has 0 aliphatic rings. The zero-order chi connectivity index (χ0) is 18.5. The molecule has 130 valence electrons. The standard InChI is InChI=1S/C20H18N4OS/c1-13-9-16(12-25)10-14(2)19(13)26-18-7-8-22-20(24-18)23-17-5-3-15(11-21)4-6-17/h3-10,25H,12H2,1-2H3,(H,22,23,24). The van der Waals surface area contributed by atoms with Crippen LogP contribution in [0.25, 0.3) is 0 Å². The molecule has 0 saturated carbocycles. The minimum atomic E-state index is 0.0405. The van der Waals surface area contributed by atoms with Gasteiger partial charge in [-0.25, -0.2) is 9.97 Å². The minimum Gasteiger partial charge on any atom is -0.392 e. The van der Waals surface area contributed by atoms with Gasteiger partial charge in [0.2, 0.25) is 5.95 Å². The van der Waals surface area contributed by atoms with Gasteiger partial charge in [0.25, 0.3) is 0 Å². The molecular weight excluding hydrogens is 344 g/mol. The SMILES string of the molecule is Cc1cc(CO)cc(C)c1Sc1ccnc(Nc2ccc(C#N)cc2)n1. The maximum Gasteiger partial charge on any atom is 0.228 e. The van der Waals surface area contributed by atoms with Gasteiger partial charge in [0.1, 0.15) is 5.03 Å². The summed E-state index contributed by atoms with van der Waals surface area (Å²) in [7, 11) is 0. The molecule has 6 heteroatoms. The molecule has 0 aliphatic heterocycles. The van der Waals surface area contributed by atoms with Crippen molar-refractivity contribution < 1.29 is 5.11 Å². The van der Waals surface area contributed by atoms with Crippen LogP contribution in [0.5, 0.6) is 0 Å². The third-order valence-electron chi connectivity index (χ3n) is 3.81. The molecule has 5 nitrogen and oxygen atoms in total. The number of nitrogens with one attached hydrogen (secondary N) is 1. The molecule has 3 aromatic rings. The first-order chi connectivity index (χ1) is 12.6. The predicted octanol–water partition coefficient (Wildman–Crippen LogP) is 4.35. The molecule has 0 aliphatic carbocycles. The van der Waals surface area contributed by atoms with Crippen LogP contribution in [0.15, 0.2) is 58.6 Å². The van der Waals surface area contributed by atoms with Crippen LogP contribution >= 0.6 is 11.8 Å². The lowest BCUT2D eigenvalue weighted by atomic mass is 10.1. The lowest BCUT2D eigenvalue weighted by Crippen LogP contribution is -1.98.